The van der Waals surface area contributed by atoms with E-state index in [9.17, 15) is 4.79 Å². The summed E-state index contributed by atoms with van der Waals surface area (Å²) in [6.45, 7) is 2.27. The number of aromatic amines is 1. The number of amides is 1. The standard InChI is InChI=1S/C18H24N2O/c1-18(9-4-3-5-10-18)13-17(21)20(2)15-7-6-14-8-11-19-16(14)12-15/h6-8,11-12,19H,3-5,9-10,13H2,1-2H3. The smallest absolute Gasteiger partial charge is 0.227 e. The first-order valence-electron chi connectivity index (χ1n) is 7.91. The minimum Gasteiger partial charge on any atom is -0.361 e. The van der Waals surface area contributed by atoms with Gasteiger partial charge in [0.1, 0.15) is 0 Å². The van der Waals surface area contributed by atoms with Gasteiger partial charge < -0.3 is 9.88 Å². The normalized spacial score (nSPS) is 17.8. The largest absolute Gasteiger partial charge is 0.361 e. The zero-order valence-corrected chi connectivity index (χ0v) is 13.0. The average molecular weight is 284 g/mol. The number of nitrogens with one attached hydrogen (secondary N) is 1. The second kappa shape index (κ2) is 5.55. The van der Waals surface area contributed by atoms with Gasteiger partial charge in [0, 0.05) is 30.9 Å². The molecule has 1 saturated carbocycles. The summed E-state index contributed by atoms with van der Waals surface area (Å²) in [7, 11) is 1.89. The van der Waals surface area contributed by atoms with E-state index in [4.69, 9.17) is 0 Å². The average Bonchev–Trinajstić information content (AvgIpc) is 2.94. The molecular weight excluding hydrogens is 260 g/mol. The van der Waals surface area contributed by atoms with Crippen molar-refractivity contribution in [3.63, 3.8) is 0 Å². The summed E-state index contributed by atoms with van der Waals surface area (Å²) in [5, 5.41) is 1.18. The molecule has 3 rings (SSSR count). The molecule has 1 aromatic carbocycles. The van der Waals surface area contributed by atoms with E-state index < -0.39 is 0 Å². The van der Waals surface area contributed by atoms with Gasteiger partial charge in [-0.05, 0) is 41.8 Å². The number of benzene rings is 1. The Hall–Kier alpha value is -1.77. The van der Waals surface area contributed by atoms with Crippen LogP contribution < -0.4 is 4.90 Å². The fourth-order valence-corrected chi connectivity index (χ4v) is 3.45. The predicted molar refractivity (Wildman–Crippen MR) is 87.5 cm³/mol. The monoisotopic (exact) mass is 284 g/mol. The van der Waals surface area contributed by atoms with Gasteiger partial charge in [0.2, 0.25) is 5.91 Å². The van der Waals surface area contributed by atoms with E-state index in [0.29, 0.717) is 6.42 Å². The summed E-state index contributed by atoms with van der Waals surface area (Å²) < 4.78 is 0. The van der Waals surface area contributed by atoms with Crippen LogP contribution in [0.3, 0.4) is 0 Å². The molecule has 3 nitrogen and oxygen atoms in total. The number of H-pyrrole nitrogens is 1. The third kappa shape index (κ3) is 2.97. The van der Waals surface area contributed by atoms with Gasteiger partial charge in [0.15, 0.2) is 0 Å². The second-order valence-electron chi connectivity index (χ2n) is 6.75. The number of hydrogen-bond acceptors (Lipinski definition) is 1. The number of aromatic nitrogens is 1. The van der Waals surface area contributed by atoms with Gasteiger partial charge in [-0.2, -0.15) is 0 Å². The van der Waals surface area contributed by atoms with Crippen LogP contribution in [0.15, 0.2) is 30.5 Å². The molecule has 0 atom stereocenters. The molecular formula is C18H24N2O. The molecule has 21 heavy (non-hydrogen) atoms. The van der Waals surface area contributed by atoms with E-state index >= 15 is 0 Å². The maximum absolute atomic E-state index is 12.6. The van der Waals surface area contributed by atoms with E-state index in [1.54, 1.807) is 4.90 Å². The lowest BCUT2D eigenvalue weighted by Crippen LogP contribution is -2.33. The molecule has 0 radical (unpaired) electrons. The maximum Gasteiger partial charge on any atom is 0.227 e. The van der Waals surface area contributed by atoms with Gasteiger partial charge in [-0.1, -0.05) is 32.3 Å². The topological polar surface area (TPSA) is 36.1 Å². The van der Waals surface area contributed by atoms with Crippen molar-refractivity contribution in [1.82, 2.24) is 4.98 Å². The SMILES string of the molecule is CN(C(=O)CC1(C)CCCCC1)c1ccc2cc[nH]c2c1. The van der Waals surface area contributed by atoms with Gasteiger partial charge >= 0.3 is 0 Å². The Morgan fingerprint density at radius 1 is 1.24 bits per heavy atom. The van der Waals surface area contributed by atoms with E-state index in [2.05, 4.69) is 24.0 Å². The Kier molecular flexibility index (Phi) is 3.75. The van der Waals surface area contributed by atoms with Gasteiger partial charge in [0.05, 0.1) is 0 Å². The van der Waals surface area contributed by atoms with Crippen LogP contribution in [0, 0.1) is 5.41 Å². The Labute approximate surface area is 126 Å². The Balaban J connectivity index is 1.74. The first kappa shape index (κ1) is 14.2. The highest BCUT2D eigenvalue weighted by atomic mass is 16.2. The second-order valence-corrected chi connectivity index (χ2v) is 6.75. The zero-order valence-electron chi connectivity index (χ0n) is 13.0. The molecule has 1 aromatic heterocycles. The molecule has 2 aromatic rings. The molecule has 0 spiro atoms. The molecule has 1 fully saturated rings. The summed E-state index contributed by atoms with van der Waals surface area (Å²) in [5.74, 6) is 0.227. The fourth-order valence-electron chi connectivity index (χ4n) is 3.45. The van der Waals surface area contributed by atoms with Crippen LogP contribution in [0.5, 0.6) is 0 Å². The highest BCUT2D eigenvalue weighted by Crippen LogP contribution is 2.39. The van der Waals surface area contributed by atoms with Crippen LogP contribution in [0.4, 0.5) is 5.69 Å². The molecule has 1 aliphatic carbocycles. The Morgan fingerprint density at radius 2 is 2.00 bits per heavy atom. The number of carbonyl (C=O) groups is 1. The van der Waals surface area contributed by atoms with Crippen molar-refractivity contribution in [2.24, 2.45) is 5.41 Å². The van der Waals surface area contributed by atoms with Gasteiger partial charge in [-0.15, -0.1) is 0 Å². The minimum absolute atomic E-state index is 0.195. The van der Waals surface area contributed by atoms with Crippen molar-refractivity contribution in [3.8, 4) is 0 Å². The third-order valence-corrected chi connectivity index (χ3v) is 4.94. The highest BCUT2D eigenvalue weighted by molar-refractivity contribution is 5.95. The van der Waals surface area contributed by atoms with Crippen LogP contribution in [0.2, 0.25) is 0 Å². The number of fused-ring (bicyclic) bond motifs is 1. The first-order valence-corrected chi connectivity index (χ1v) is 7.91. The number of rotatable bonds is 3. The van der Waals surface area contributed by atoms with Crippen molar-refractivity contribution >= 4 is 22.5 Å². The number of carbonyl (C=O) groups excluding carboxylic acids is 1. The molecule has 0 saturated heterocycles. The molecule has 0 bridgehead atoms. The lowest BCUT2D eigenvalue weighted by molar-refractivity contribution is -0.120. The number of nitrogens with zero attached hydrogens (tertiary/aromatic N) is 1. The van der Waals surface area contributed by atoms with E-state index in [-0.39, 0.29) is 11.3 Å². The van der Waals surface area contributed by atoms with Crippen molar-refractivity contribution < 1.29 is 4.79 Å². The van der Waals surface area contributed by atoms with E-state index in [0.717, 1.165) is 11.2 Å². The van der Waals surface area contributed by atoms with E-state index in [1.807, 2.05) is 25.4 Å². The van der Waals surface area contributed by atoms with Crippen LogP contribution in [0.25, 0.3) is 10.9 Å². The van der Waals surface area contributed by atoms with Gasteiger partial charge in [0.25, 0.3) is 0 Å². The fraction of sp³-hybridized carbons (Fsp3) is 0.500. The van der Waals surface area contributed by atoms with Crippen LogP contribution in [0.1, 0.15) is 45.4 Å². The van der Waals surface area contributed by atoms with Gasteiger partial charge in [-0.25, -0.2) is 0 Å². The summed E-state index contributed by atoms with van der Waals surface area (Å²) in [6.07, 6.45) is 8.81. The lowest BCUT2D eigenvalue weighted by atomic mass is 9.73. The van der Waals surface area contributed by atoms with Crippen molar-refractivity contribution in [1.29, 1.82) is 0 Å². The maximum atomic E-state index is 12.6. The molecule has 0 unspecified atom stereocenters. The minimum atomic E-state index is 0.195. The van der Waals surface area contributed by atoms with Crippen molar-refractivity contribution in [2.75, 3.05) is 11.9 Å². The molecule has 112 valence electrons. The summed E-state index contributed by atoms with van der Waals surface area (Å²) in [5.41, 5.74) is 2.24. The quantitative estimate of drug-likeness (QED) is 0.885. The molecule has 1 aliphatic rings. The van der Waals surface area contributed by atoms with E-state index in [1.165, 1.54) is 37.5 Å². The first-order chi connectivity index (χ1) is 10.1. The third-order valence-electron chi connectivity index (χ3n) is 4.94. The zero-order chi connectivity index (χ0) is 14.9. The summed E-state index contributed by atoms with van der Waals surface area (Å²) in [4.78, 5) is 17.6. The lowest BCUT2D eigenvalue weighted by Gasteiger charge is -2.34. The summed E-state index contributed by atoms with van der Waals surface area (Å²) in [6, 6.07) is 8.19. The highest BCUT2D eigenvalue weighted by Gasteiger charge is 2.30. The Bertz CT molecular complexity index is 637. The van der Waals surface area contributed by atoms with Gasteiger partial charge in [-0.3, -0.25) is 4.79 Å². The molecule has 3 heteroatoms. The predicted octanol–water partition coefficient (Wildman–Crippen LogP) is 4.49. The molecule has 1 amide bonds. The molecule has 1 heterocycles. The Morgan fingerprint density at radius 3 is 2.76 bits per heavy atom. The van der Waals surface area contributed by atoms with Crippen molar-refractivity contribution in [2.45, 2.75) is 45.4 Å². The van der Waals surface area contributed by atoms with Crippen LogP contribution >= 0.6 is 0 Å². The summed E-state index contributed by atoms with van der Waals surface area (Å²) >= 11 is 0. The van der Waals surface area contributed by atoms with Crippen molar-refractivity contribution in [3.05, 3.63) is 30.5 Å². The van der Waals surface area contributed by atoms with Crippen LogP contribution in [-0.4, -0.2) is 17.9 Å². The number of hydrogen-bond donors (Lipinski definition) is 1. The number of anilines is 1. The molecule has 1 N–H and O–H groups in total. The molecule has 0 aliphatic heterocycles. The van der Waals surface area contributed by atoms with Crippen LogP contribution in [-0.2, 0) is 4.79 Å².